The van der Waals surface area contributed by atoms with Crippen molar-refractivity contribution < 1.29 is 33.3 Å². The SMILES string of the molecule is C[C@H]1C[C@H](OC(=O)c2ccccc2)[C@H](OC(=O)c2ccccc2)[C@H](OC(=O)c2ccccc2)O1. The lowest BCUT2D eigenvalue weighted by atomic mass is 10.0. The molecule has 1 saturated heterocycles. The number of carbonyl (C=O) groups is 3. The third-order valence-electron chi connectivity index (χ3n) is 5.32. The van der Waals surface area contributed by atoms with Crippen LogP contribution in [0.3, 0.4) is 0 Å². The lowest BCUT2D eigenvalue weighted by molar-refractivity contribution is -0.241. The van der Waals surface area contributed by atoms with E-state index in [0.717, 1.165) is 0 Å². The van der Waals surface area contributed by atoms with E-state index < -0.39 is 42.5 Å². The van der Waals surface area contributed by atoms with Gasteiger partial charge in [0.2, 0.25) is 12.4 Å². The maximum Gasteiger partial charge on any atom is 0.340 e. The highest BCUT2D eigenvalue weighted by atomic mass is 16.7. The zero-order chi connectivity index (χ0) is 23.9. The molecule has 7 nitrogen and oxygen atoms in total. The molecule has 3 aromatic rings. The fourth-order valence-corrected chi connectivity index (χ4v) is 3.63. The van der Waals surface area contributed by atoms with E-state index in [1.165, 1.54) is 0 Å². The summed E-state index contributed by atoms with van der Waals surface area (Å²) in [6.45, 7) is 1.77. The molecule has 0 radical (unpaired) electrons. The van der Waals surface area contributed by atoms with Gasteiger partial charge in [0.25, 0.3) is 0 Å². The fourth-order valence-electron chi connectivity index (χ4n) is 3.63. The van der Waals surface area contributed by atoms with Crippen LogP contribution in [0.15, 0.2) is 91.0 Å². The quantitative estimate of drug-likeness (QED) is 0.397. The lowest BCUT2D eigenvalue weighted by Crippen LogP contribution is -2.53. The first kappa shape index (κ1) is 23.2. The van der Waals surface area contributed by atoms with Crippen molar-refractivity contribution in [2.75, 3.05) is 0 Å². The minimum atomic E-state index is -1.27. The van der Waals surface area contributed by atoms with Crippen LogP contribution in [0.2, 0.25) is 0 Å². The van der Waals surface area contributed by atoms with Crippen LogP contribution in [0.1, 0.15) is 44.4 Å². The molecule has 34 heavy (non-hydrogen) atoms. The van der Waals surface area contributed by atoms with E-state index in [-0.39, 0.29) is 6.42 Å². The van der Waals surface area contributed by atoms with Gasteiger partial charge in [0.05, 0.1) is 22.8 Å². The van der Waals surface area contributed by atoms with Gasteiger partial charge in [-0.15, -0.1) is 0 Å². The minimum absolute atomic E-state index is 0.255. The molecule has 0 aromatic heterocycles. The van der Waals surface area contributed by atoms with Crippen LogP contribution in [0.25, 0.3) is 0 Å². The van der Waals surface area contributed by atoms with Crippen molar-refractivity contribution in [3.63, 3.8) is 0 Å². The topological polar surface area (TPSA) is 88.1 Å². The summed E-state index contributed by atoms with van der Waals surface area (Å²) >= 11 is 0. The fraction of sp³-hybridized carbons (Fsp3) is 0.222. The molecule has 1 aliphatic rings. The number of esters is 3. The Bertz CT molecular complexity index is 1050. The summed E-state index contributed by atoms with van der Waals surface area (Å²) in [5.74, 6) is -1.87. The van der Waals surface area contributed by atoms with E-state index in [2.05, 4.69) is 0 Å². The first-order valence-electron chi connectivity index (χ1n) is 10.9. The Balaban J connectivity index is 1.58. The van der Waals surface area contributed by atoms with Crippen molar-refractivity contribution in [2.24, 2.45) is 0 Å². The van der Waals surface area contributed by atoms with Crippen molar-refractivity contribution >= 4 is 17.9 Å². The molecule has 1 fully saturated rings. The second-order valence-corrected chi connectivity index (χ2v) is 7.87. The second kappa shape index (κ2) is 10.8. The Hall–Kier alpha value is -3.97. The number of hydrogen-bond acceptors (Lipinski definition) is 7. The zero-order valence-electron chi connectivity index (χ0n) is 18.5. The summed E-state index contributed by atoms with van der Waals surface area (Å²) < 4.78 is 22.9. The lowest BCUT2D eigenvalue weighted by Gasteiger charge is -2.38. The van der Waals surface area contributed by atoms with E-state index in [4.69, 9.17) is 18.9 Å². The van der Waals surface area contributed by atoms with E-state index in [1.54, 1.807) is 97.9 Å². The van der Waals surface area contributed by atoms with Gasteiger partial charge in [0.15, 0.2) is 0 Å². The summed E-state index contributed by atoms with van der Waals surface area (Å²) in [4.78, 5) is 38.3. The van der Waals surface area contributed by atoms with Crippen molar-refractivity contribution in [2.45, 2.75) is 37.9 Å². The standard InChI is InChI=1S/C27H24O7/c1-18-17-22(32-24(28)19-11-5-2-6-12-19)23(33-25(29)20-13-7-3-8-14-20)27(31-18)34-26(30)21-15-9-4-10-16-21/h2-16,18,22-23,27H,17H2,1H3/t18-,22-,23-,27-/m0/s1. The van der Waals surface area contributed by atoms with Crippen molar-refractivity contribution in [3.8, 4) is 0 Å². The number of ether oxygens (including phenoxy) is 4. The number of hydrogen-bond donors (Lipinski definition) is 0. The van der Waals surface area contributed by atoms with Gasteiger partial charge in [-0.1, -0.05) is 54.6 Å². The Morgan fingerprint density at radius 1 is 0.647 bits per heavy atom. The van der Waals surface area contributed by atoms with Crippen LogP contribution in [-0.4, -0.2) is 42.5 Å². The summed E-state index contributed by atoms with van der Waals surface area (Å²) in [6.07, 6.45) is -3.49. The Kier molecular flexibility index (Phi) is 7.34. The average Bonchev–Trinajstić information content (AvgIpc) is 2.87. The third-order valence-corrected chi connectivity index (χ3v) is 5.32. The summed E-state index contributed by atoms with van der Waals surface area (Å²) in [7, 11) is 0. The molecule has 0 unspecified atom stereocenters. The highest BCUT2D eigenvalue weighted by molar-refractivity contribution is 5.91. The molecular weight excluding hydrogens is 436 g/mol. The van der Waals surface area contributed by atoms with Crippen LogP contribution in [-0.2, 0) is 18.9 Å². The summed E-state index contributed by atoms with van der Waals surface area (Å²) in [5.41, 5.74) is 0.977. The van der Waals surface area contributed by atoms with Gasteiger partial charge in [0, 0.05) is 6.42 Å². The monoisotopic (exact) mass is 460 g/mol. The van der Waals surface area contributed by atoms with Crippen LogP contribution in [0.4, 0.5) is 0 Å². The van der Waals surface area contributed by atoms with Gasteiger partial charge in [-0.05, 0) is 43.3 Å². The third kappa shape index (κ3) is 5.68. The highest BCUT2D eigenvalue weighted by Gasteiger charge is 2.45. The van der Waals surface area contributed by atoms with E-state index in [1.807, 2.05) is 0 Å². The van der Waals surface area contributed by atoms with E-state index in [0.29, 0.717) is 16.7 Å². The maximum absolute atomic E-state index is 12.8. The van der Waals surface area contributed by atoms with E-state index >= 15 is 0 Å². The molecule has 174 valence electrons. The Morgan fingerprint density at radius 2 is 1.06 bits per heavy atom. The normalized spacial score (nSPS) is 21.8. The second-order valence-electron chi connectivity index (χ2n) is 7.87. The number of rotatable bonds is 6. The molecule has 0 aliphatic carbocycles. The van der Waals surface area contributed by atoms with Gasteiger partial charge >= 0.3 is 17.9 Å². The van der Waals surface area contributed by atoms with Crippen LogP contribution in [0.5, 0.6) is 0 Å². The van der Waals surface area contributed by atoms with Crippen molar-refractivity contribution in [1.29, 1.82) is 0 Å². The summed E-state index contributed by atoms with van der Waals surface area (Å²) in [6, 6.07) is 25.3. The molecule has 1 heterocycles. The first-order valence-corrected chi connectivity index (χ1v) is 10.9. The Morgan fingerprint density at radius 3 is 1.53 bits per heavy atom. The smallest absolute Gasteiger partial charge is 0.340 e. The predicted molar refractivity (Wildman–Crippen MR) is 122 cm³/mol. The molecule has 4 rings (SSSR count). The molecule has 1 aliphatic heterocycles. The van der Waals surface area contributed by atoms with Gasteiger partial charge in [0.1, 0.15) is 6.10 Å². The molecule has 0 saturated carbocycles. The number of benzene rings is 3. The van der Waals surface area contributed by atoms with Gasteiger partial charge in [-0.25, -0.2) is 14.4 Å². The Labute approximate surface area is 197 Å². The molecule has 7 heteroatoms. The molecule has 0 spiro atoms. The van der Waals surface area contributed by atoms with Crippen molar-refractivity contribution in [1.82, 2.24) is 0 Å². The van der Waals surface area contributed by atoms with Gasteiger partial charge < -0.3 is 18.9 Å². The average molecular weight is 460 g/mol. The predicted octanol–water partition coefficient (Wildman–Crippen LogP) is 4.43. The molecular formula is C27H24O7. The molecule has 4 atom stereocenters. The van der Waals surface area contributed by atoms with Gasteiger partial charge in [-0.2, -0.15) is 0 Å². The maximum atomic E-state index is 12.8. The minimum Gasteiger partial charge on any atom is -0.454 e. The molecule has 3 aromatic carbocycles. The van der Waals surface area contributed by atoms with Gasteiger partial charge in [-0.3, -0.25) is 0 Å². The largest absolute Gasteiger partial charge is 0.454 e. The number of carbonyl (C=O) groups excluding carboxylic acids is 3. The zero-order valence-corrected chi connectivity index (χ0v) is 18.5. The molecule has 0 N–H and O–H groups in total. The van der Waals surface area contributed by atoms with E-state index in [9.17, 15) is 14.4 Å². The molecule has 0 amide bonds. The van der Waals surface area contributed by atoms with Crippen LogP contribution < -0.4 is 0 Å². The van der Waals surface area contributed by atoms with Crippen LogP contribution >= 0.6 is 0 Å². The van der Waals surface area contributed by atoms with Crippen LogP contribution in [0, 0.1) is 0 Å². The first-order chi connectivity index (χ1) is 16.5. The highest BCUT2D eigenvalue weighted by Crippen LogP contribution is 2.28. The van der Waals surface area contributed by atoms with Crippen molar-refractivity contribution in [3.05, 3.63) is 108 Å². The molecule has 0 bridgehead atoms. The summed E-state index contributed by atoms with van der Waals surface area (Å²) in [5, 5.41) is 0.